The van der Waals surface area contributed by atoms with Crippen molar-refractivity contribution in [1.29, 1.82) is 0 Å². The summed E-state index contributed by atoms with van der Waals surface area (Å²) in [4.78, 5) is 35.4. The molecule has 3 aromatic carbocycles. The zero-order valence-corrected chi connectivity index (χ0v) is 32.6. The van der Waals surface area contributed by atoms with Gasteiger partial charge in [-0.05, 0) is 135 Å². The third-order valence-electron chi connectivity index (χ3n) is 8.14. The van der Waals surface area contributed by atoms with Crippen molar-refractivity contribution >= 4 is 41.7 Å². The standard InChI is InChI=1S/C44H48N2O10S/c1-3-41(47)53-26-11-7-5-9-24-51-37-17-13-34(14-18-37)43(49)55-39-21-22-40(36(29-39)31-46-45-30-33-23-28-57-32-33)56-44(50)35-15-19-38(20-16-35)52-25-10-6-8-12-27-54-42(48)4-2/h3-4,13-23,28-32,43,49H,1-2,5-12,24-27H2/b45-30+,46-31+. The minimum Gasteiger partial charge on any atom is -0.494 e. The van der Waals surface area contributed by atoms with Gasteiger partial charge in [0.25, 0.3) is 0 Å². The smallest absolute Gasteiger partial charge is 0.343 e. The second-order valence-electron chi connectivity index (χ2n) is 12.5. The van der Waals surface area contributed by atoms with E-state index in [-0.39, 0.29) is 5.75 Å². The number of unbranched alkanes of at least 4 members (excludes halogenated alkanes) is 6. The Morgan fingerprint density at radius 3 is 1.77 bits per heavy atom. The van der Waals surface area contributed by atoms with E-state index in [1.54, 1.807) is 84.3 Å². The highest BCUT2D eigenvalue weighted by atomic mass is 32.1. The Bertz CT molecular complexity index is 1910. The molecule has 4 aromatic rings. The molecule has 0 aliphatic rings. The van der Waals surface area contributed by atoms with E-state index in [0.29, 0.717) is 60.4 Å². The average molecular weight is 797 g/mol. The molecule has 0 radical (unpaired) electrons. The number of rotatable bonds is 26. The fourth-order valence-corrected chi connectivity index (χ4v) is 5.68. The molecular formula is C44H48N2O10S. The third kappa shape index (κ3) is 16.7. The quantitative estimate of drug-likeness (QED) is 0.0124. The Morgan fingerprint density at radius 1 is 0.667 bits per heavy atom. The summed E-state index contributed by atoms with van der Waals surface area (Å²) in [7, 11) is 0. The molecule has 12 nitrogen and oxygen atoms in total. The van der Waals surface area contributed by atoms with Gasteiger partial charge in [0.05, 0.1) is 44.4 Å². The van der Waals surface area contributed by atoms with Crippen LogP contribution in [0.15, 0.2) is 119 Å². The lowest BCUT2D eigenvalue weighted by molar-refractivity contribution is -0.138. The summed E-state index contributed by atoms with van der Waals surface area (Å²) in [5, 5.41) is 23.0. The molecule has 1 atom stereocenters. The molecule has 300 valence electrons. The van der Waals surface area contributed by atoms with E-state index in [4.69, 9.17) is 28.4 Å². The van der Waals surface area contributed by atoms with Crippen LogP contribution in [0.3, 0.4) is 0 Å². The first kappa shape index (κ1) is 43.7. The number of esters is 3. The summed E-state index contributed by atoms with van der Waals surface area (Å²) in [5.74, 6) is 0.403. The van der Waals surface area contributed by atoms with E-state index in [1.165, 1.54) is 6.21 Å². The number of aliphatic hydroxyl groups excluding tert-OH is 1. The minimum atomic E-state index is -1.29. The van der Waals surface area contributed by atoms with Crippen molar-refractivity contribution in [2.75, 3.05) is 26.4 Å². The number of benzene rings is 3. The average Bonchev–Trinajstić information content (AvgIpc) is 3.76. The van der Waals surface area contributed by atoms with E-state index < -0.39 is 24.2 Å². The van der Waals surface area contributed by atoms with Gasteiger partial charge < -0.3 is 33.5 Å². The number of hydrogen-bond donors (Lipinski definition) is 1. The first-order chi connectivity index (χ1) is 27.8. The number of carbonyl (C=O) groups is 3. The summed E-state index contributed by atoms with van der Waals surface area (Å²) in [6.07, 6.45) is 11.0. The molecule has 1 unspecified atom stereocenters. The lowest BCUT2D eigenvalue weighted by Gasteiger charge is -2.16. The van der Waals surface area contributed by atoms with Crippen molar-refractivity contribution in [3.05, 3.63) is 131 Å². The van der Waals surface area contributed by atoms with Crippen LogP contribution in [0.5, 0.6) is 23.0 Å². The monoisotopic (exact) mass is 796 g/mol. The van der Waals surface area contributed by atoms with Crippen molar-refractivity contribution in [2.24, 2.45) is 10.2 Å². The van der Waals surface area contributed by atoms with Crippen LogP contribution in [-0.2, 0) is 19.1 Å². The largest absolute Gasteiger partial charge is 0.494 e. The Hall–Kier alpha value is -6.05. The van der Waals surface area contributed by atoms with Crippen molar-refractivity contribution < 1.29 is 47.9 Å². The van der Waals surface area contributed by atoms with Crippen LogP contribution >= 0.6 is 11.3 Å². The SMILES string of the molecule is C=CC(=O)OCCCCCCOc1ccc(C(=O)Oc2ccc(OC(O)c3ccc(OCCCCCCOC(=O)C=C)cc3)cc2/C=N/N=C/c2ccsc2)cc1. The van der Waals surface area contributed by atoms with E-state index in [0.717, 1.165) is 69.1 Å². The summed E-state index contributed by atoms with van der Waals surface area (Å²) < 4.78 is 33.2. The molecule has 1 aromatic heterocycles. The Kier molecular flexibility index (Phi) is 19.3. The number of hydrogen-bond acceptors (Lipinski definition) is 13. The van der Waals surface area contributed by atoms with Gasteiger partial charge in [-0.2, -0.15) is 21.5 Å². The second-order valence-corrected chi connectivity index (χ2v) is 13.2. The molecule has 0 saturated carbocycles. The van der Waals surface area contributed by atoms with Crippen molar-refractivity contribution in [2.45, 2.75) is 57.7 Å². The Morgan fingerprint density at radius 2 is 1.21 bits per heavy atom. The van der Waals surface area contributed by atoms with Gasteiger partial charge in [-0.25, -0.2) is 14.4 Å². The molecule has 0 amide bonds. The summed E-state index contributed by atoms with van der Waals surface area (Å²) in [6.45, 7) is 8.55. The number of nitrogens with zero attached hydrogens (tertiary/aromatic N) is 2. The third-order valence-corrected chi connectivity index (χ3v) is 8.84. The van der Waals surface area contributed by atoms with Gasteiger partial charge in [0, 0.05) is 28.8 Å². The van der Waals surface area contributed by atoms with Gasteiger partial charge >= 0.3 is 17.9 Å². The number of ether oxygens (including phenoxy) is 6. The highest BCUT2D eigenvalue weighted by Crippen LogP contribution is 2.28. The van der Waals surface area contributed by atoms with Gasteiger partial charge in [-0.3, -0.25) is 0 Å². The van der Waals surface area contributed by atoms with Crippen LogP contribution in [0.2, 0.25) is 0 Å². The van der Waals surface area contributed by atoms with Gasteiger partial charge in [0.2, 0.25) is 6.29 Å². The van der Waals surface area contributed by atoms with E-state index in [2.05, 4.69) is 23.4 Å². The molecule has 4 rings (SSSR count). The fraction of sp³-hybridized carbons (Fsp3) is 0.295. The lowest BCUT2D eigenvalue weighted by atomic mass is 10.2. The molecule has 57 heavy (non-hydrogen) atoms. The summed E-state index contributed by atoms with van der Waals surface area (Å²) in [5.41, 5.74) is 2.13. The maximum absolute atomic E-state index is 13.2. The molecule has 0 saturated heterocycles. The maximum Gasteiger partial charge on any atom is 0.343 e. The normalized spacial score (nSPS) is 11.5. The lowest BCUT2D eigenvalue weighted by Crippen LogP contribution is -2.11. The molecule has 0 aliphatic heterocycles. The van der Waals surface area contributed by atoms with Crippen LogP contribution < -0.4 is 18.9 Å². The van der Waals surface area contributed by atoms with Gasteiger partial charge in [-0.15, -0.1) is 0 Å². The highest BCUT2D eigenvalue weighted by Gasteiger charge is 2.15. The molecule has 0 bridgehead atoms. The molecular weight excluding hydrogens is 749 g/mol. The van der Waals surface area contributed by atoms with Gasteiger partial charge in [0.1, 0.15) is 23.0 Å². The Labute approximate surface area is 337 Å². The zero-order chi connectivity index (χ0) is 40.5. The van der Waals surface area contributed by atoms with Gasteiger partial charge in [-0.1, -0.05) is 13.2 Å². The predicted octanol–water partition coefficient (Wildman–Crippen LogP) is 8.83. The Balaban J connectivity index is 1.29. The van der Waals surface area contributed by atoms with Crippen LogP contribution in [0.4, 0.5) is 0 Å². The topological polar surface area (TPSA) is 152 Å². The first-order valence-electron chi connectivity index (χ1n) is 18.7. The molecule has 13 heteroatoms. The molecule has 0 aliphatic carbocycles. The zero-order valence-electron chi connectivity index (χ0n) is 31.8. The second kappa shape index (κ2) is 25.2. The highest BCUT2D eigenvalue weighted by molar-refractivity contribution is 7.08. The first-order valence-corrected chi connectivity index (χ1v) is 19.6. The van der Waals surface area contributed by atoms with E-state index >= 15 is 0 Å². The van der Waals surface area contributed by atoms with Crippen LogP contribution in [0, 0.1) is 0 Å². The van der Waals surface area contributed by atoms with Gasteiger partial charge in [0.15, 0.2) is 0 Å². The predicted molar refractivity (Wildman–Crippen MR) is 220 cm³/mol. The van der Waals surface area contributed by atoms with E-state index in [1.807, 2.05) is 16.8 Å². The van der Waals surface area contributed by atoms with Crippen LogP contribution in [-0.4, -0.2) is 61.9 Å². The fourth-order valence-electron chi connectivity index (χ4n) is 5.07. The van der Waals surface area contributed by atoms with Crippen molar-refractivity contribution in [3.8, 4) is 23.0 Å². The number of thiophene rings is 1. The van der Waals surface area contributed by atoms with Crippen LogP contribution in [0.1, 0.15) is 84.7 Å². The van der Waals surface area contributed by atoms with Crippen molar-refractivity contribution in [3.63, 3.8) is 0 Å². The minimum absolute atomic E-state index is 0.216. The molecule has 0 spiro atoms. The van der Waals surface area contributed by atoms with Crippen LogP contribution in [0.25, 0.3) is 0 Å². The molecule has 1 N–H and O–H groups in total. The number of carbonyl (C=O) groups excluding carboxylic acids is 3. The number of aliphatic hydroxyl groups is 1. The maximum atomic E-state index is 13.2. The molecule has 0 fully saturated rings. The summed E-state index contributed by atoms with van der Waals surface area (Å²) >= 11 is 1.54. The van der Waals surface area contributed by atoms with Crippen molar-refractivity contribution in [1.82, 2.24) is 0 Å². The van der Waals surface area contributed by atoms with E-state index in [9.17, 15) is 19.5 Å². The molecule has 1 heterocycles. The summed E-state index contributed by atoms with van der Waals surface area (Å²) in [6, 6.07) is 20.3.